The van der Waals surface area contributed by atoms with Crippen molar-refractivity contribution in [3.05, 3.63) is 24.0 Å². The topological polar surface area (TPSA) is 67.2 Å². The predicted molar refractivity (Wildman–Crippen MR) is 94.1 cm³/mol. The summed E-state index contributed by atoms with van der Waals surface area (Å²) in [7, 11) is 1.83. The van der Waals surface area contributed by atoms with E-state index in [1.807, 2.05) is 32.0 Å². The summed E-state index contributed by atoms with van der Waals surface area (Å²) in [5.41, 5.74) is 0.112. The van der Waals surface area contributed by atoms with Gasteiger partial charge in [-0.1, -0.05) is 19.3 Å². The molecule has 1 fully saturated rings. The zero-order chi connectivity index (χ0) is 17.6. The van der Waals surface area contributed by atoms with Crippen molar-refractivity contribution in [3.63, 3.8) is 0 Å². The molecule has 0 saturated heterocycles. The molecule has 1 N–H and O–H groups in total. The van der Waals surface area contributed by atoms with Crippen LogP contribution in [0.25, 0.3) is 6.08 Å². The minimum atomic E-state index is -0.749. The number of hydrogen-bond acceptors (Lipinski definition) is 3. The summed E-state index contributed by atoms with van der Waals surface area (Å²) in [6.07, 6.45) is 11.2. The van der Waals surface area contributed by atoms with E-state index < -0.39 is 5.54 Å². The maximum Gasteiger partial charge on any atom is 0.248 e. The Hall–Kier alpha value is -2.11. The van der Waals surface area contributed by atoms with Gasteiger partial charge in [-0.3, -0.25) is 14.3 Å². The van der Waals surface area contributed by atoms with Crippen LogP contribution in [-0.2, 0) is 16.6 Å². The molecule has 0 spiro atoms. The fraction of sp³-hybridized carbons (Fsp3) is 0.611. The molecule has 0 unspecified atom stereocenters. The summed E-state index contributed by atoms with van der Waals surface area (Å²) in [5.74, 6) is -0.170. The highest BCUT2D eigenvalue weighted by atomic mass is 16.2. The van der Waals surface area contributed by atoms with Gasteiger partial charge < -0.3 is 10.2 Å². The molecule has 1 heterocycles. The minimum absolute atomic E-state index is 0.0512. The summed E-state index contributed by atoms with van der Waals surface area (Å²) in [6.45, 7) is 5.28. The lowest BCUT2D eigenvalue weighted by Crippen LogP contribution is -2.60. The van der Waals surface area contributed by atoms with Gasteiger partial charge in [-0.25, -0.2) is 0 Å². The Kier molecular flexibility index (Phi) is 6.17. The van der Waals surface area contributed by atoms with E-state index in [0.717, 1.165) is 37.7 Å². The first-order valence-electron chi connectivity index (χ1n) is 8.79. The molecular formula is C18H28N4O2. The van der Waals surface area contributed by atoms with Crippen molar-refractivity contribution in [1.29, 1.82) is 0 Å². The predicted octanol–water partition coefficient (Wildman–Crippen LogP) is 2.12. The molecule has 1 aromatic heterocycles. The lowest BCUT2D eigenvalue weighted by Gasteiger charge is -2.39. The zero-order valence-electron chi connectivity index (χ0n) is 14.9. The number of carbonyl (C=O) groups is 2. The van der Waals surface area contributed by atoms with Gasteiger partial charge in [0.25, 0.3) is 0 Å². The van der Waals surface area contributed by atoms with Crippen LogP contribution in [0, 0.1) is 0 Å². The van der Waals surface area contributed by atoms with Crippen LogP contribution in [0.2, 0.25) is 0 Å². The minimum Gasteiger partial charge on any atom is -0.341 e. The average Bonchev–Trinajstić information content (AvgIpc) is 3.00. The van der Waals surface area contributed by atoms with E-state index in [2.05, 4.69) is 10.4 Å². The van der Waals surface area contributed by atoms with Crippen molar-refractivity contribution < 1.29 is 9.59 Å². The molecule has 132 valence electrons. The Labute approximate surface area is 143 Å². The van der Waals surface area contributed by atoms with Crippen molar-refractivity contribution in [2.24, 2.45) is 7.05 Å². The lowest BCUT2D eigenvalue weighted by atomic mass is 9.80. The Balaban J connectivity index is 2.11. The number of nitrogens with zero attached hydrogens (tertiary/aromatic N) is 3. The van der Waals surface area contributed by atoms with Crippen LogP contribution in [0.15, 0.2) is 18.5 Å². The third kappa shape index (κ3) is 4.24. The van der Waals surface area contributed by atoms with Crippen LogP contribution >= 0.6 is 0 Å². The standard InChI is InChI=1S/C18H28N4O2/c1-4-22(5-2)17(24)18(11-7-6-8-12-18)20-16(23)10-9-15-13-19-21(3)14-15/h9-10,13-14H,4-8,11-12H2,1-3H3,(H,20,23). The number of nitrogens with one attached hydrogen (secondary N) is 1. The van der Waals surface area contributed by atoms with Gasteiger partial charge >= 0.3 is 0 Å². The maximum absolute atomic E-state index is 13.0. The van der Waals surface area contributed by atoms with Crippen molar-refractivity contribution in [2.45, 2.75) is 51.5 Å². The molecule has 1 aromatic rings. The first kappa shape index (κ1) is 18.2. The van der Waals surface area contributed by atoms with Gasteiger partial charge in [-0.15, -0.1) is 0 Å². The number of rotatable bonds is 6. The monoisotopic (exact) mass is 332 g/mol. The molecule has 1 aliphatic carbocycles. The molecule has 0 aliphatic heterocycles. The van der Waals surface area contributed by atoms with Gasteiger partial charge in [-0.05, 0) is 32.8 Å². The Morgan fingerprint density at radius 3 is 2.50 bits per heavy atom. The molecule has 6 nitrogen and oxygen atoms in total. The van der Waals surface area contributed by atoms with Crippen molar-refractivity contribution in [3.8, 4) is 0 Å². The first-order valence-corrected chi connectivity index (χ1v) is 8.79. The van der Waals surface area contributed by atoms with Crippen molar-refractivity contribution in [2.75, 3.05) is 13.1 Å². The summed E-state index contributed by atoms with van der Waals surface area (Å²) < 4.78 is 1.68. The molecule has 0 radical (unpaired) electrons. The zero-order valence-corrected chi connectivity index (χ0v) is 14.9. The number of carbonyl (C=O) groups excluding carboxylic acids is 2. The molecule has 24 heavy (non-hydrogen) atoms. The smallest absolute Gasteiger partial charge is 0.248 e. The molecule has 0 atom stereocenters. The fourth-order valence-corrected chi connectivity index (χ4v) is 3.34. The number of likely N-dealkylation sites (N-methyl/N-ethyl adjacent to an activating group) is 1. The van der Waals surface area contributed by atoms with Crippen LogP contribution in [-0.4, -0.2) is 45.1 Å². The Morgan fingerprint density at radius 2 is 1.96 bits per heavy atom. The van der Waals surface area contributed by atoms with Gasteiger partial charge in [0.15, 0.2) is 0 Å². The second kappa shape index (κ2) is 8.13. The second-order valence-electron chi connectivity index (χ2n) is 6.39. The van der Waals surface area contributed by atoms with E-state index in [1.165, 1.54) is 6.08 Å². The van der Waals surface area contributed by atoms with E-state index in [9.17, 15) is 9.59 Å². The summed E-state index contributed by atoms with van der Waals surface area (Å²) >= 11 is 0. The number of amides is 2. The Bertz CT molecular complexity index is 596. The lowest BCUT2D eigenvalue weighted by molar-refractivity contribution is -0.142. The summed E-state index contributed by atoms with van der Waals surface area (Å²) in [4.78, 5) is 27.2. The normalized spacial score (nSPS) is 17.0. The highest BCUT2D eigenvalue weighted by molar-refractivity contribution is 5.97. The molecule has 2 amide bonds. The molecular weight excluding hydrogens is 304 g/mol. The molecule has 1 aliphatic rings. The van der Waals surface area contributed by atoms with E-state index in [1.54, 1.807) is 17.0 Å². The van der Waals surface area contributed by atoms with E-state index in [4.69, 9.17) is 0 Å². The van der Waals surface area contributed by atoms with E-state index in [-0.39, 0.29) is 11.8 Å². The van der Waals surface area contributed by atoms with Gasteiger partial charge in [0, 0.05) is 38.0 Å². The van der Waals surface area contributed by atoms with Gasteiger partial charge in [-0.2, -0.15) is 5.10 Å². The third-order valence-corrected chi connectivity index (χ3v) is 4.68. The highest BCUT2D eigenvalue weighted by Crippen LogP contribution is 2.30. The van der Waals surface area contributed by atoms with Gasteiger partial charge in [0.2, 0.25) is 11.8 Å². The van der Waals surface area contributed by atoms with Gasteiger partial charge in [0.05, 0.1) is 6.20 Å². The van der Waals surface area contributed by atoms with Crippen LogP contribution in [0.1, 0.15) is 51.5 Å². The maximum atomic E-state index is 13.0. The molecule has 1 saturated carbocycles. The second-order valence-corrected chi connectivity index (χ2v) is 6.39. The first-order chi connectivity index (χ1) is 11.5. The number of hydrogen-bond donors (Lipinski definition) is 1. The Morgan fingerprint density at radius 1 is 1.29 bits per heavy atom. The van der Waals surface area contributed by atoms with Crippen molar-refractivity contribution >= 4 is 17.9 Å². The van der Waals surface area contributed by atoms with E-state index >= 15 is 0 Å². The summed E-state index contributed by atoms with van der Waals surface area (Å²) in [6, 6.07) is 0. The molecule has 0 aromatic carbocycles. The summed E-state index contributed by atoms with van der Waals surface area (Å²) in [5, 5.41) is 7.08. The number of aryl methyl sites for hydroxylation is 1. The van der Waals surface area contributed by atoms with Crippen molar-refractivity contribution in [1.82, 2.24) is 20.0 Å². The van der Waals surface area contributed by atoms with Crippen LogP contribution in [0.3, 0.4) is 0 Å². The average molecular weight is 332 g/mol. The fourth-order valence-electron chi connectivity index (χ4n) is 3.34. The molecule has 2 rings (SSSR count). The van der Waals surface area contributed by atoms with Gasteiger partial charge in [0.1, 0.15) is 5.54 Å². The molecule has 0 bridgehead atoms. The third-order valence-electron chi connectivity index (χ3n) is 4.68. The van der Waals surface area contributed by atoms with Crippen LogP contribution in [0.4, 0.5) is 0 Å². The highest BCUT2D eigenvalue weighted by Gasteiger charge is 2.42. The van der Waals surface area contributed by atoms with E-state index in [0.29, 0.717) is 13.1 Å². The largest absolute Gasteiger partial charge is 0.341 e. The SMILES string of the molecule is CCN(CC)C(=O)C1(NC(=O)C=Cc2cnn(C)c2)CCCCC1. The molecule has 6 heteroatoms. The van der Waals surface area contributed by atoms with Crippen LogP contribution < -0.4 is 5.32 Å². The quantitative estimate of drug-likeness (QED) is 0.812. The number of aromatic nitrogens is 2. The van der Waals surface area contributed by atoms with Crippen LogP contribution in [0.5, 0.6) is 0 Å².